The van der Waals surface area contributed by atoms with Crippen LogP contribution in [0.2, 0.25) is 5.02 Å². The van der Waals surface area contributed by atoms with Crippen molar-refractivity contribution in [3.8, 4) is 0 Å². The van der Waals surface area contributed by atoms with Gasteiger partial charge in [-0.25, -0.2) is 4.79 Å². The lowest BCUT2D eigenvalue weighted by Gasteiger charge is -2.07. The quantitative estimate of drug-likeness (QED) is 0.504. The van der Waals surface area contributed by atoms with Crippen LogP contribution >= 0.6 is 11.6 Å². The van der Waals surface area contributed by atoms with Gasteiger partial charge in [0.15, 0.2) is 0 Å². The van der Waals surface area contributed by atoms with Crippen LogP contribution in [-0.2, 0) is 9.59 Å². The predicted octanol–water partition coefficient (Wildman–Crippen LogP) is 2.61. The Bertz CT molecular complexity index is 624. The van der Waals surface area contributed by atoms with E-state index in [1.54, 1.807) is 0 Å². The third-order valence-electron chi connectivity index (χ3n) is 2.63. The standard InChI is InChI=1S/C12H11ClN2O5/c1-6(7(2)12(17)18)11(16)14-8-3-4-10(15(19)20)9(13)5-8/h3-5H,1-2H3,(H,14,16)(H,17,18)/b7-6+. The molecule has 7 nitrogen and oxygen atoms in total. The predicted molar refractivity (Wildman–Crippen MR) is 72.7 cm³/mol. The summed E-state index contributed by atoms with van der Waals surface area (Å²) in [5.41, 5.74) is -0.0933. The second-order valence-corrected chi connectivity index (χ2v) is 4.34. The molecule has 8 heteroatoms. The van der Waals surface area contributed by atoms with E-state index in [4.69, 9.17) is 16.7 Å². The number of carboxylic acid groups (broad SMARTS) is 1. The third-order valence-corrected chi connectivity index (χ3v) is 2.93. The molecular weight excluding hydrogens is 288 g/mol. The maximum Gasteiger partial charge on any atom is 0.331 e. The van der Waals surface area contributed by atoms with Gasteiger partial charge in [-0.3, -0.25) is 14.9 Å². The minimum absolute atomic E-state index is 0.0342. The first-order valence-electron chi connectivity index (χ1n) is 5.40. The van der Waals surface area contributed by atoms with E-state index in [2.05, 4.69) is 5.32 Å². The van der Waals surface area contributed by atoms with Crippen molar-refractivity contribution in [2.75, 3.05) is 5.32 Å². The maximum atomic E-state index is 11.8. The van der Waals surface area contributed by atoms with Crippen LogP contribution in [0, 0.1) is 10.1 Å². The number of benzene rings is 1. The molecule has 1 rings (SSSR count). The van der Waals surface area contributed by atoms with Gasteiger partial charge in [-0.1, -0.05) is 11.6 Å². The van der Waals surface area contributed by atoms with Crippen molar-refractivity contribution in [2.24, 2.45) is 0 Å². The molecule has 0 aliphatic heterocycles. The number of aliphatic carboxylic acids is 1. The summed E-state index contributed by atoms with van der Waals surface area (Å²) < 4.78 is 0. The zero-order valence-electron chi connectivity index (χ0n) is 10.6. The molecule has 0 aliphatic carbocycles. The fourth-order valence-electron chi connectivity index (χ4n) is 1.29. The molecule has 0 spiro atoms. The molecule has 1 amide bonds. The Balaban J connectivity index is 2.98. The lowest BCUT2D eigenvalue weighted by molar-refractivity contribution is -0.384. The highest BCUT2D eigenvalue weighted by Gasteiger charge is 2.15. The van der Waals surface area contributed by atoms with Crippen LogP contribution in [0.4, 0.5) is 11.4 Å². The monoisotopic (exact) mass is 298 g/mol. The molecular formula is C12H11ClN2O5. The summed E-state index contributed by atoms with van der Waals surface area (Å²) in [5, 5.41) is 21.7. The highest BCUT2D eigenvalue weighted by molar-refractivity contribution is 6.33. The summed E-state index contributed by atoms with van der Waals surface area (Å²) in [4.78, 5) is 32.5. The number of nitrogens with one attached hydrogen (secondary N) is 1. The molecule has 0 atom stereocenters. The van der Waals surface area contributed by atoms with Crippen LogP contribution in [0.25, 0.3) is 0 Å². The van der Waals surface area contributed by atoms with Crippen molar-refractivity contribution < 1.29 is 19.6 Å². The van der Waals surface area contributed by atoms with Gasteiger partial charge in [0.25, 0.3) is 11.6 Å². The Morgan fingerprint density at radius 2 is 1.90 bits per heavy atom. The topological polar surface area (TPSA) is 110 Å². The Labute approximate surface area is 119 Å². The van der Waals surface area contributed by atoms with Crippen LogP contribution in [0.1, 0.15) is 13.8 Å². The average Bonchev–Trinajstić information content (AvgIpc) is 2.36. The molecule has 1 aromatic carbocycles. The molecule has 2 N–H and O–H groups in total. The summed E-state index contributed by atoms with van der Waals surface area (Å²) in [6.07, 6.45) is 0. The van der Waals surface area contributed by atoms with Gasteiger partial charge in [-0.05, 0) is 26.0 Å². The fraction of sp³-hybridized carbons (Fsp3) is 0.167. The third kappa shape index (κ3) is 3.55. The number of nitro benzene ring substituents is 1. The molecule has 0 aromatic heterocycles. The lowest BCUT2D eigenvalue weighted by Crippen LogP contribution is -2.16. The van der Waals surface area contributed by atoms with Gasteiger partial charge in [-0.15, -0.1) is 0 Å². The molecule has 0 aliphatic rings. The van der Waals surface area contributed by atoms with Crippen LogP contribution in [0.3, 0.4) is 0 Å². The maximum absolute atomic E-state index is 11.8. The molecule has 0 unspecified atom stereocenters. The van der Waals surface area contributed by atoms with E-state index >= 15 is 0 Å². The van der Waals surface area contributed by atoms with Gasteiger partial charge in [-0.2, -0.15) is 0 Å². The van der Waals surface area contributed by atoms with E-state index in [1.807, 2.05) is 0 Å². The number of nitro groups is 1. The van der Waals surface area contributed by atoms with E-state index in [1.165, 1.54) is 26.0 Å². The minimum Gasteiger partial charge on any atom is -0.478 e. The molecule has 0 fully saturated rings. The van der Waals surface area contributed by atoms with Gasteiger partial charge >= 0.3 is 5.97 Å². The normalized spacial score (nSPS) is 11.6. The Hall–Kier alpha value is -2.41. The minimum atomic E-state index is -1.20. The smallest absolute Gasteiger partial charge is 0.331 e. The number of carbonyl (C=O) groups is 2. The summed E-state index contributed by atoms with van der Waals surface area (Å²) in [6.45, 7) is 2.67. The van der Waals surface area contributed by atoms with Crippen molar-refractivity contribution in [1.29, 1.82) is 0 Å². The van der Waals surface area contributed by atoms with Gasteiger partial charge in [0.1, 0.15) is 5.02 Å². The number of amides is 1. The van der Waals surface area contributed by atoms with Gasteiger partial charge in [0, 0.05) is 22.9 Å². The number of hydrogen-bond donors (Lipinski definition) is 2. The molecule has 106 valence electrons. The number of rotatable bonds is 4. The number of anilines is 1. The summed E-state index contributed by atoms with van der Waals surface area (Å²) >= 11 is 5.70. The van der Waals surface area contributed by atoms with Crippen molar-refractivity contribution in [2.45, 2.75) is 13.8 Å². The van der Waals surface area contributed by atoms with E-state index in [9.17, 15) is 19.7 Å². The largest absolute Gasteiger partial charge is 0.478 e. The van der Waals surface area contributed by atoms with Gasteiger partial charge in [0.05, 0.1) is 4.92 Å². The number of halogens is 1. The van der Waals surface area contributed by atoms with E-state index in [0.29, 0.717) is 0 Å². The van der Waals surface area contributed by atoms with E-state index in [-0.39, 0.29) is 27.5 Å². The molecule has 0 saturated carbocycles. The SMILES string of the molecule is C/C(C(=O)O)=C(/C)C(=O)Nc1ccc([N+](=O)[O-])c(Cl)c1. The number of carbonyl (C=O) groups excluding carboxylic acids is 1. The second kappa shape index (κ2) is 6.16. The molecule has 1 aromatic rings. The first-order valence-corrected chi connectivity index (χ1v) is 5.78. The molecule has 0 saturated heterocycles. The van der Waals surface area contributed by atoms with Gasteiger partial charge in [0.2, 0.25) is 0 Å². The Morgan fingerprint density at radius 3 is 2.35 bits per heavy atom. The number of hydrogen-bond acceptors (Lipinski definition) is 4. The van der Waals surface area contributed by atoms with E-state index < -0.39 is 16.8 Å². The Kier molecular flexibility index (Phi) is 4.82. The fourth-order valence-corrected chi connectivity index (χ4v) is 1.54. The molecule has 0 heterocycles. The van der Waals surface area contributed by atoms with Crippen LogP contribution < -0.4 is 5.32 Å². The summed E-state index contributed by atoms with van der Waals surface area (Å²) in [5.74, 6) is -1.81. The highest BCUT2D eigenvalue weighted by atomic mass is 35.5. The first-order chi connectivity index (χ1) is 9.23. The van der Waals surface area contributed by atoms with Crippen molar-refractivity contribution in [1.82, 2.24) is 0 Å². The highest BCUT2D eigenvalue weighted by Crippen LogP contribution is 2.27. The second-order valence-electron chi connectivity index (χ2n) is 3.93. The first kappa shape index (κ1) is 15.6. The summed E-state index contributed by atoms with van der Waals surface area (Å²) in [7, 11) is 0. The zero-order chi connectivity index (χ0) is 15.4. The molecule has 20 heavy (non-hydrogen) atoms. The van der Waals surface area contributed by atoms with Crippen LogP contribution in [0.15, 0.2) is 29.3 Å². The van der Waals surface area contributed by atoms with Gasteiger partial charge < -0.3 is 10.4 Å². The molecule has 0 radical (unpaired) electrons. The van der Waals surface area contributed by atoms with Crippen molar-refractivity contribution >= 4 is 34.9 Å². The van der Waals surface area contributed by atoms with Crippen molar-refractivity contribution in [3.05, 3.63) is 44.5 Å². The Morgan fingerprint density at radius 1 is 1.30 bits per heavy atom. The number of carboxylic acids is 1. The zero-order valence-corrected chi connectivity index (χ0v) is 11.4. The van der Waals surface area contributed by atoms with Crippen LogP contribution in [-0.4, -0.2) is 21.9 Å². The summed E-state index contributed by atoms with van der Waals surface area (Å²) in [6, 6.07) is 3.69. The molecule has 0 bridgehead atoms. The average molecular weight is 299 g/mol. The van der Waals surface area contributed by atoms with Crippen molar-refractivity contribution in [3.63, 3.8) is 0 Å². The van der Waals surface area contributed by atoms with Crippen LogP contribution in [0.5, 0.6) is 0 Å². The lowest BCUT2D eigenvalue weighted by atomic mass is 10.1. The van der Waals surface area contributed by atoms with E-state index in [0.717, 1.165) is 6.07 Å². The number of nitrogens with zero attached hydrogens (tertiary/aromatic N) is 1.